The highest BCUT2D eigenvalue weighted by Gasteiger charge is 2.43. The minimum Gasteiger partial charge on any atom is -0.338 e. The van der Waals surface area contributed by atoms with Crippen LogP contribution in [0.3, 0.4) is 0 Å². The lowest BCUT2D eigenvalue weighted by Gasteiger charge is -2.41. The SMILES string of the molecule is CCc1cnc(N2CC[C@@H](N(C(=O)c3cnc(-n4ccnc4C)nc3)C3CC3)C(F)C2)nc1. The van der Waals surface area contributed by atoms with Gasteiger partial charge in [-0.3, -0.25) is 9.36 Å². The van der Waals surface area contributed by atoms with Gasteiger partial charge in [-0.2, -0.15) is 0 Å². The number of piperidine rings is 1. The monoisotopic (exact) mass is 450 g/mol. The summed E-state index contributed by atoms with van der Waals surface area (Å²) in [4.78, 5) is 38.6. The number of carbonyl (C=O) groups is 1. The van der Waals surface area contributed by atoms with Gasteiger partial charge in [-0.1, -0.05) is 6.92 Å². The van der Waals surface area contributed by atoms with Crippen molar-refractivity contribution in [1.82, 2.24) is 34.4 Å². The summed E-state index contributed by atoms with van der Waals surface area (Å²) in [5, 5.41) is 0. The van der Waals surface area contributed by atoms with Crippen molar-refractivity contribution in [3.63, 3.8) is 0 Å². The normalized spacial score (nSPS) is 20.6. The lowest BCUT2D eigenvalue weighted by molar-refractivity contribution is 0.0485. The van der Waals surface area contributed by atoms with Gasteiger partial charge in [0.25, 0.3) is 5.91 Å². The number of aromatic nitrogens is 6. The smallest absolute Gasteiger partial charge is 0.257 e. The zero-order valence-electron chi connectivity index (χ0n) is 18.8. The predicted octanol–water partition coefficient (Wildman–Crippen LogP) is 2.54. The summed E-state index contributed by atoms with van der Waals surface area (Å²) in [7, 11) is 0. The van der Waals surface area contributed by atoms with Crippen molar-refractivity contribution in [1.29, 1.82) is 0 Å². The quantitative estimate of drug-likeness (QED) is 0.570. The third-order valence-electron chi connectivity index (χ3n) is 6.35. The van der Waals surface area contributed by atoms with Crippen LogP contribution in [-0.2, 0) is 6.42 Å². The second-order valence-corrected chi connectivity index (χ2v) is 8.62. The molecule has 1 amide bonds. The highest BCUT2D eigenvalue weighted by Crippen LogP contribution is 2.34. The van der Waals surface area contributed by atoms with E-state index in [2.05, 4.69) is 24.9 Å². The molecule has 10 heteroatoms. The van der Waals surface area contributed by atoms with E-state index in [4.69, 9.17) is 0 Å². The molecule has 0 spiro atoms. The van der Waals surface area contributed by atoms with Gasteiger partial charge in [-0.05, 0) is 38.2 Å². The van der Waals surface area contributed by atoms with Crippen molar-refractivity contribution in [3.05, 3.63) is 54.1 Å². The number of rotatable bonds is 6. The Morgan fingerprint density at radius 1 is 1.06 bits per heavy atom. The largest absolute Gasteiger partial charge is 0.338 e. The second kappa shape index (κ2) is 8.84. The van der Waals surface area contributed by atoms with Crippen molar-refractivity contribution in [2.75, 3.05) is 18.0 Å². The molecule has 2 atom stereocenters. The first kappa shape index (κ1) is 21.4. The number of halogens is 1. The number of alkyl halides is 1. The summed E-state index contributed by atoms with van der Waals surface area (Å²) in [6.07, 6.45) is 12.0. The van der Waals surface area contributed by atoms with Gasteiger partial charge >= 0.3 is 0 Å². The van der Waals surface area contributed by atoms with Crippen LogP contribution in [0.15, 0.2) is 37.2 Å². The molecule has 172 valence electrons. The Morgan fingerprint density at radius 2 is 1.76 bits per heavy atom. The Labute approximate surface area is 191 Å². The highest BCUT2D eigenvalue weighted by atomic mass is 19.1. The minimum absolute atomic E-state index is 0.0722. The van der Waals surface area contributed by atoms with Gasteiger partial charge in [-0.15, -0.1) is 0 Å². The van der Waals surface area contributed by atoms with E-state index in [0.29, 0.717) is 30.4 Å². The summed E-state index contributed by atoms with van der Waals surface area (Å²) in [5.74, 6) is 1.53. The van der Waals surface area contributed by atoms with Gasteiger partial charge in [0, 0.05) is 49.8 Å². The van der Waals surface area contributed by atoms with Crippen LogP contribution in [-0.4, -0.2) is 71.6 Å². The predicted molar refractivity (Wildman–Crippen MR) is 120 cm³/mol. The van der Waals surface area contributed by atoms with Crippen molar-refractivity contribution in [2.24, 2.45) is 0 Å². The van der Waals surface area contributed by atoms with E-state index in [1.165, 1.54) is 12.4 Å². The van der Waals surface area contributed by atoms with Crippen LogP contribution in [0.2, 0.25) is 0 Å². The average Bonchev–Trinajstić information content (AvgIpc) is 3.59. The van der Waals surface area contributed by atoms with Crippen molar-refractivity contribution >= 4 is 11.9 Å². The first-order chi connectivity index (χ1) is 16.0. The molecule has 2 aliphatic rings. The van der Waals surface area contributed by atoms with Crippen LogP contribution < -0.4 is 4.90 Å². The molecule has 1 saturated heterocycles. The molecule has 3 aromatic rings. The topological polar surface area (TPSA) is 92.9 Å². The van der Waals surface area contributed by atoms with E-state index in [9.17, 15) is 4.79 Å². The third kappa shape index (κ3) is 4.29. The number of carbonyl (C=O) groups excluding carboxylic acids is 1. The molecule has 0 N–H and O–H groups in total. The molecule has 33 heavy (non-hydrogen) atoms. The van der Waals surface area contributed by atoms with Crippen molar-refractivity contribution in [2.45, 2.75) is 57.8 Å². The number of aryl methyl sites for hydroxylation is 2. The number of hydrogen-bond acceptors (Lipinski definition) is 7. The number of hydrogen-bond donors (Lipinski definition) is 0. The van der Waals surface area contributed by atoms with E-state index in [0.717, 1.165) is 30.7 Å². The van der Waals surface area contributed by atoms with Gasteiger partial charge in [0.1, 0.15) is 12.0 Å². The van der Waals surface area contributed by atoms with Crippen molar-refractivity contribution < 1.29 is 9.18 Å². The fourth-order valence-corrected chi connectivity index (χ4v) is 4.32. The Hall–Kier alpha value is -3.43. The lowest BCUT2D eigenvalue weighted by Crippen LogP contribution is -2.55. The van der Waals surface area contributed by atoms with E-state index >= 15 is 4.39 Å². The van der Waals surface area contributed by atoms with Crippen LogP contribution in [0.25, 0.3) is 5.95 Å². The molecule has 2 fully saturated rings. The number of nitrogens with zero attached hydrogens (tertiary/aromatic N) is 8. The molecule has 0 bridgehead atoms. The molecule has 1 saturated carbocycles. The van der Waals surface area contributed by atoms with Crippen LogP contribution in [0, 0.1) is 6.92 Å². The van der Waals surface area contributed by atoms with E-state index in [1.54, 1.807) is 34.3 Å². The molecule has 1 aliphatic heterocycles. The molecule has 0 radical (unpaired) electrons. The van der Waals surface area contributed by atoms with Crippen LogP contribution in [0.1, 0.15) is 47.9 Å². The molecular formula is C23H27FN8O. The Bertz CT molecular complexity index is 1110. The minimum atomic E-state index is -1.19. The zero-order valence-corrected chi connectivity index (χ0v) is 18.8. The first-order valence-corrected chi connectivity index (χ1v) is 11.4. The summed E-state index contributed by atoms with van der Waals surface area (Å²) in [5.41, 5.74) is 1.42. The maximum absolute atomic E-state index is 15.4. The van der Waals surface area contributed by atoms with E-state index in [-0.39, 0.29) is 18.5 Å². The van der Waals surface area contributed by atoms with Gasteiger partial charge in [0.2, 0.25) is 11.9 Å². The van der Waals surface area contributed by atoms with Crippen molar-refractivity contribution in [3.8, 4) is 5.95 Å². The lowest BCUT2D eigenvalue weighted by atomic mass is 10.00. The van der Waals surface area contributed by atoms with E-state index in [1.807, 2.05) is 18.7 Å². The Balaban J connectivity index is 1.30. The molecule has 9 nitrogen and oxygen atoms in total. The molecular weight excluding hydrogens is 423 g/mol. The first-order valence-electron chi connectivity index (χ1n) is 11.4. The van der Waals surface area contributed by atoms with Gasteiger partial charge < -0.3 is 9.80 Å². The fraction of sp³-hybridized carbons (Fsp3) is 0.478. The fourth-order valence-electron chi connectivity index (χ4n) is 4.32. The number of anilines is 1. The van der Waals surface area contributed by atoms with Crippen LogP contribution in [0.5, 0.6) is 0 Å². The average molecular weight is 451 g/mol. The summed E-state index contributed by atoms with van der Waals surface area (Å²) in [6.45, 7) is 4.67. The van der Waals surface area contributed by atoms with Crippen LogP contribution >= 0.6 is 0 Å². The molecule has 1 unspecified atom stereocenters. The Kier molecular flexibility index (Phi) is 5.74. The zero-order chi connectivity index (χ0) is 22.9. The summed E-state index contributed by atoms with van der Waals surface area (Å²) in [6, 6.07) is -0.408. The molecule has 4 heterocycles. The Morgan fingerprint density at radius 3 is 2.33 bits per heavy atom. The highest BCUT2D eigenvalue weighted by molar-refractivity contribution is 5.94. The molecule has 1 aliphatic carbocycles. The number of amides is 1. The van der Waals surface area contributed by atoms with Gasteiger partial charge in [0.15, 0.2) is 0 Å². The molecule has 5 rings (SSSR count). The maximum Gasteiger partial charge on any atom is 0.257 e. The molecule has 3 aromatic heterocycles. The maximum atomic E-state index is 15.4. The summed E-state index contributed by atoms with van der Waals surface area (Å²) >= 11 is 0. The molecule has 0 aromatic carbocycles. The van der Waals surface area contributed by atoms with Crippen LogP contribution in [0.4, 0.5) is 10.3 Å². The number of imidazole rings is 1. The second-order valence-electron chi connectivity index (χ2n) is 8.62. The van der Waals surface area contributed by atoms with Gasteiger partial charge in [-0.25, -0.2) is 29.3 Å². The van der Waals surface area contributed by atoms with Gasteiger partial charge in [0.05, 0.1) is 18.2 Å². The van der Waals surface area contributed by atoms with E-state index < -0.39 is 12.2 Å². The third-order valence-corrected chi connectivity index (χ3v) is 6.35. The summed E-state index contributed by atoms with van der Waals surface area (Å²) < 4.78 is 17.2. The standard InChI is InChI=1S/C23H27FN8O/c1-3-16-10-26-22(27-11-16)30-8-6-20(19(24)14-30)32(18-4-5-18)21(33)17-12-28-23(29-13-17)31-9-7-25-15(31)2/h7,9-13,18-20H,3-6,8,14H2,1-2H3/t19?,20-/m1/s1.